The molecule has 4 nitrogen and oxygen atoms in total. The molecule has 0 unspecified atom stereocenters. The van der Waals surface area contributed by atoms with Gasteiger partial charge in [0.05, 0.1) is 21.5 Å². The monoisotopic (exact) mass is 416 g/mol. The molecule has 1 heterocycles. The molecule has 3 rings (SSSR count). The predicted octanol–water partition coefficient (Wildman–Crippen LogP) is 5.00. The number of amides is 2. The van der Waals surface area contributed by atoms with Gasteiger partial charge in [0.15, 0.2) is 0 Å². The van der Waals surface area contributed by atoms with E-state index in [0.717, 1.165) is 12.1 Å². The fourth-order valence-corrected chi connectivity index (χ4v) is 3.10. The van der Waals surface area contributed by atoms with Gasteiger partial charge in [-0.1, -0.05) is 29.3 Å². The molecule has 0 bridgehead atoms. The van der Waals surface area contributed by atoms with Crippen molar-refractivity contribution in [1.82, 2.24) is 0 Å². The van der Waals surface area contributed by atoms with Crippen molar-refractivity contribution in [3.8, 4) is 0 Å². The number of hydrogen-bond donors (Lipinski definition) is 1. The summed E-state index contributed by atoms with van der Waals surface area (Å²) in [4.78, 5) is 25.8. The minimum atomic E-state index is -4.51. The van der Waals surface area contributed by atoms with Crippen LogP contribution in [-0.4, -0.2) is 18.4 Å². The normalized spacial score (nSPS) is 17.3. The average molecular weight is 417 g/mol. The van der Waals surface area contributed by atoms with E-state index in [2.05, 4.69) is 5.32 Å². The van der Waals surface area contributed by atoms with Gasteiger partial charge in [-0.3, -0.25) is 9.59 Å². The van der Waals surface area contributed by atoms with Crippen molar-refractivity contribution in [2.45, 2.75) is 12.6 Å². The fourth-order valence-electron chi connectivity index (χ4n) is 2.80. The smallest absolute Gasteiger partial charge is 0.326 e. The van der Waals surface area contributed by atoms with Gasteiger partial charge in [0.2, 0.25) is 11.8 Å². The molecule has 1 N–H and O–H groups in total. The Balaban J connectivity index is 1.73. The lowest BCUT2D eigenvalue weighted by molar-refractivity contribution is -0.137. The van der Waals surface area contributed by atoms with E-state index in [1.807, 2.05) is 0 Å². The van der Waals surface area contributed by atoms with Crippen LogP contribution >= 0.6 is 23.2 Å². The van der Waals surface area contributed by atoms with E-state index in [1.54, 1.807) is 6.07 Å². The summed E-state index contributed by atoms with van der Waals surface area (Å²) < 4.78 is 38.6. The predicted molar refractivity (Wildman–Crippen MR) is 97.0 cm³/mol. The van der Waals surface area contributed by atoms with Crippen LogP contribution in [0.5, 0.6) is 0 Å². The van der Waals surface area contributed by atoms with Crippen LogP contribution < -0.4 is 10.2 Å². The Bertz CT molecular complexity index is 902. The van der Waals surface area contributed by atoms with Gasteiger partial charge in [-0.25, -0.2) is 0 Å². The third-order valence-corrected chi connectivity index (χ3v) is 4.91. The molecule has 2 amide bonds. The Morgan fingerprint density at radius 1 is 1.11 bits per heavy atom. The van der Waals surface area contributed by atoms with Crippen LogP contribution in [0.15, 0.2) is 42.5 Å². The molecule has 1 aliphatic heterocycles. The Hall–Kier alpha value is -2.25. The van der Waals surface area contributed by atoms with Gasteiger partial charge >= 0.3 is 6.18 Å². The zero-order valence-electron chi connectivity index (χ0n) is 13.7. The number of benzene rings is 2. The van der Waals surface area contributed by atoms with Gasteiger partial charge in [-0.05, 0) is 36.4 Å². The van der Waals surface area contributed by atoms with Gasteiger partial charge in [-0.2, -0.15) is 13.2 Å². The quantitative estimate of drug-likeness (QED) is 0.764. The highest BCUT2D eigenvalue weighted by molar-refractivity contribution is 6.42. The summed E-state index contributed by atoms with van der Waals surface area (Å²) in [5.74, 6) is -1.53. The van der Waals surface area contributed by atoms with Crippen molar-refractivity contribution < 1.29 is 22.8 Å². The number of carbonyl (C=O) groups excluding carboxylic acids is 2. The van der Waals surface area contributed by atoms with E-state index in [-0.39, 0.29) is 23.7 Å². The van der Waals surface area contributed by atoms with Gasteiger partial charge in [0, 0.05) is 24.3 Å². The Kier molecular flexibility index (Phi) is 5.35. The van der Waals surface area contributed by atoms with Crippen LogP contribution in [0, 0.1) is 5.92 Å². The first-order chi connectivity index (χ1) is 12.6. The van der Waals surface area contributed by atoms with E-state index >= 15 is 0 Å². The van der Waals surface area contributed by atoms with Crippen molar-refractivity contribution in [2.75, 3.05) is 16.8 Å². The summed E-state index contributed by atoms with van der Waals surface area (Å²) >= 11 is 11.7. The molecule has 9 heteroatoms. The van der Waals surface area contributed by atoms with Crippen LogP contribution in [0.25, 0.3) is 0 Å². The SMILES string of the molecule is O=C(Nc1ccc(Cl)c(Cl)c1)[C@H]1CC(=O)N(c2cccc(C(F)(F)F)c2)C1. The Morgan fingerprint density at radius 2 is 1.85 bits per heavy atom. The molecule has 0 saturated carbocycles. The third kappa shape index (κ3) is 4.36. The maximum absolute atomic E-state index is 12.9. The minimum absolute atomic E-state index is 0.00665. The maximum Gasteiger partial charge on any atom is 0.416 e. The molecule has 2 aromatic rings. The van der Waals surface area contributed by atoms with Crippen LogP contribution in [0.4, 0.5) is 24.5 Å². The van der Waals surface area contributed by atoms with E-state index in [9.17, 15) is 22.8 Å². The molecule has 0 spiro atoms. The number of hydrogen-bond acceptors (Lipinski definition) is 2. The number of nitrogens with one attached hydrogen (secondary N) is 1. The molecule has 142 valence electrons. The molecule has 0 aliphatic carbocycles. The second kappa shape index (κ2) is 7.40. The molecule has 0 aromatic heterocycles. The first-order valence-electron chi connectivity index (χ1n) is 7.88. The standard InChI is InChI=1S/C18H13Cl2F3N2O2/c19-14-5-4-12(8-15(14)20)24-17(27)10-6-16(26)25(9-10)13-3-1-2-11(7-13)18(21,22)23/h1-5,7-8,10H,6,9H2,(H,24,27)/t10-/m0/s1. The van der Waals surface area contributed by atoms with Crippen LogP contribution in [-0.2, 0) is 15.8 Å². The average Bonchev–Trinajstić information content (AvgIpc) is 2.99. The Morgan fingerprint density at radius 3 is 2.52 bits per heavy atom. The molecule has 1 fully saturated rings. The Labute approximate surface area is 162 Å². The zero-order chi connectivity index (χ0) is 19.8. The number of rotatable bonds is 3. The summed E-state index contributed by atoms with van der Waals surface area (Å²) in [6.45, 7) is -0.00665. The van der Waals surface area contributed by atoms with Crippen LogP contribution in [0.1, 0.15) is 12.0 Å². The lowest BCUT2D eigenvalue weighted by atomic mass is 10.1. The molecule has 1 atom stereocenters. The first-order valence-corrected chi connectivity index (χ1v) is 8.64. The number of halogens is 5. The zero-order valence-corrected chi connectivity index (χ0v) is 15.2. The van der Waals surface area contributed by atoms with Crippen molar-refractivity contribution >= 4 is 46.4 Å². The van der Waals surface area contributed by atoms with Gasteiger partial charge in [0.1, 0.15) is 0 Å². The first kappa shape index (κ1) is 19.5. The van der Waals surface area contributed by atoms with E-state index < -0.39 is 29.5 Å². The van der Waals surface area contributed by atoms with E-state index in [1.165, 1.54) is 29.2 Å². The molecular formula is C18H13Cl2F3N2O2. The second-order valence-electron chi connectivity index (χ2n) is 6.07. The minimum Gasteiger partial charge on any atom is -0.326 e. The van der Waals surface area contributed by atoms with Crippen LogP contribution in [0.2, 0.25) is 10.0 Å². The number of carbonyl (C=O) groups is 2. The molecule has 2 aromatic carbocycles. The largest absolute Gasteiger partial charge is 0.416 e. The van der Waals surface area contributed by atoms with Crippen molar-refractivity contribution in [3.05, 3.63) is 58.1 Å². The summed E-state index contributed by atoms with van der Waals surface area (Å²) in [5, 5.41) is 3.24. The second-order valence-corrected chi connectivity index (χ2v) is 6.89. The molecule has 27 heavy (non-hydrogen) atoms. The number of nitrogens with zero attached hydrogens (tertiary/aromatic N) is 1. The van der Waals surface area contributed by atoms with Crippen LogP contribution in [0.3, 0.4) is 0 Å². The number of anilines is 2. The topological polar surface area (TPSA) is 49.4 Å². The van der Waals surface area contributed by atoms with Crippen molar-refractivity contribution in [2.24, 2.45) is 5.92 Å². The van der Waals surface area contributed by atoms with E-state index in [0.29, 0.717) is 10.7 Å². The highest BCUT2D eigenvalue weighted by Gasteiger charge is 2.37. The summed E-state index contributed by atoms with van der Waals surface area (Å²) in [5.41, 5.74) is -0.324. The lowest BCUT2D eigenvalue weighted by Crippen LogP contribution is -2.28. The molecule has 0 radical (unpaired) electrons. The lowest BCUT2D eigenvalue weighted by Gasteiger charge is -2.18. The highest BCUT2D eigenvalue weighted by Crippen LogP contribution is 2.34. The summed E-state index contributed by atoms with van der Waals surface area (Å²) in [6.07, 6.45) is -4.60. The molecular weight excluding hydrogens is 404 g/mol. The molecule has 1 saturated heterocycles. The highest BCUT2D eigenvalue weighted by atomic mass is 35.5. The number of alkyl halides is 3. The van der Waals surface area contributed by atoms with Crippen molar-refractivity contribution in [1.29, 1.82) is 0 Å². The van der Waals surface area contributed by atoms with Crippen molar-refractivity contribution in [3.63, 3.8) is 0 Å². The summed E-state index contributed by atoms with van der Waals surface area (Å²) in [7, 11) is 0. The van der Waals surface area contributed by atoms with E-state index in [4.69, 9.17) is 23.2 Å². The molecule has 1 aliphatic rings. The van der Waals surface area contributed by atoms with Gasteiger partial charge in [0.25, 0.3) is 0 Å². The van der Waals surface area contributed by atoms with Gasteiger partial charge in [-0.15, -0.1) is 0 Å². The maximum atomic E-state index is 12.9. The van der Waals surface area contributed by atoms with Gasteiger partial charge < -0.3 is 10.2 Å². The fraction of sp³-hybridized carbons (Fsp3) is 0.222. The third-order valence-electron chi connectivity index (χ3n) is 4.17. The summed E-state index contributed by atoms with van der Waals surface area (Å²) in [6, 6.07) is 9.03.